The fourth-order valence-corrected chi connectivity index (χ4v) is 1.75. The van der Waals surface area contributed by atoms with Crippen LogP contribution in [0.4, 0.5) is 0 Å². The van der Waals surface area contributed by atoms with Crippen molar-refractivity contribution in [3.8, 4) is 0 Å². The second kappa shape index (κ2) is 3.88. The first-order valence-corrected chi connectivity index (χ1v) is 4.86. The molecule has 1 rings (SSSR count). The van der Waals surface area contributed by atoms with Gasteiger partial charge >= 0.3 is 0 Å². The van der Waals surface area contributed by atoms with Gasteiger partial charge in [0.25, 0.3) is 0 Å². The van der Waals surface area contributed by atoms with Gasteiger partial charge in [0.15, 0.2) is 5.78 Å². The SMILES string of the molecule is CCC/C(=C\C(C)=O)C1CC1C. The quantitative estimate of drug-likeness (QED) is 0.587. The molecule has 0 saturated heterocycles. The zero-order chi connectivity index (χ0) is 9.14. The Bertz CT molecular complexity index is 203. The Morgan fingerprint density at radius 3 is 2.50 bits per heavy atom. The van der Waals surface area contributed by atoms with Crippen molar-refractivity contribution >= 4 is 5.78 Å². The molecule has 0 N–H and O–H groups in total. The third-order valence-electron chi connectivity index (χ3n) is 2.51. The van der Waals surface area contributed by atoms with E-state index in [2.05, 4.69) is 13.8 Å². The van der Waals surface area contributed by atoms with Crippen molar-refractivity contribution < 1.29 is 4.79 Å². The Morgan fingerprint density at radius 1 is 1.58 bits per heavy atom. The molecule has 0 aliphatic heterocycles. The van der Waals surface area contributed by atoms with Crippen molar-refractivity contribution in [3.63, 3.8) is 0 Å². The van der Waals surface area contributed by atoms with Gasteiger partial charge in [0, 0.05) is 0 Å². The van der Waals surface area contributed by atoms with Gasteiger partial charge < -0.3 is 0 Å². The van der Waals surface area contributed by atoms with Gasteiger partial charge in [-0.15, -0.1) is 0 Å². The van der Waals surface area contributed by atoms with Crippen LogP contribution in [0.3, 0.4) is 0 Å². The van der Waals surface area contributed by atoms with E-state index in [1.165, 1.54) is 12.0 Å². The minimum atomic E-state index is 0.206. The lowest BCUT2D eigenvalue weighted by atomic mass is 10.0. The summed E-state index contributed by atoms with van der Waals surface area (Å²) in [4.78, 5) is 10.9. The van der Waals surface area contributed by atoms with Crippen molar-refractivity contribution in [2.45, 2.75) is 40.0 Å². The molecule has 0 aromatic heterocycles. The zero-order valence-corrected chi connectivity index (χ0v) is 8.26. The van der Waals surface area contributed by atoms with Crippen molar-refractivity contribution in [1.82, 2.24) is 0 Å². The van der Waals surface area contributed by atoms with E-state index in [9.17, 15) is 4.79 Å². The molecule has 2 atom stereocenters. The summed E-state index contributed by atoms with van der Waals surface area (Å²) in [7, 11) is 0. The van der Waals surface area contributed by atoms with Gasteiger partial charge in [-0.2, -0.15) is 0 Å². The summed E-state index contributed by atoms with van der Waals surface area (Å²) in [6, 6.07) is 0. The molecule has 12 heavy (non-hydrogen) atoms. The zero-order valence-electron chi connectivity index (χ0n) is 8.26. The number of carbonyl (C=O) groups is 1. The summed E-state index contributed by atoms with van der Waals surface area (Å²) >= 11 is 0. The highest BCUT2D eigenvalue weighted by molar-refractivity contribution is 5.88. The highest BCUT2D eigenvalue weighted by atomic mass is 16.1. The summed E-state index contributed by atoms with van der Waals surface area (Å²) in [6.07, 6.45) is 5.40. The number of hydrogen-bond donors (Lipinski definition) is 0. The maximum atomic E-state index is 10.9. The topological polar surface area (TPSA) is 17.1 Å². The minimum absolute atomic E-state index is 0.206. The molecule has 0 amide bonds. The predicted molar refractivity (Wildman–Crippen MR) is 50.9 cm³/mol. The summed E-state index contributed by atoms with van der Waals surface area (Å²) < 4.78 is 0. The molecule has 0 aromatic carbocycles. The number of allylic oxidation sites excluding steroid dienone is 2. The molecule has 68 valence electrons. The molecule has 0 bridgehead atoms. The van der Waals surface area contributed by atoms with Gasteiger partial charge in [0.2, 0.25) is 0 Å². The average molecular weight is 166 g/mol. The van der Waals surface area contributed by atoms with E-state index in [0.717, 1.165) is 24.7 Å². The third kappa shape index (κ3) is 2.47. The van der Waals surface area contributed by atoms with Crippen molar-refractivity contribution in [2.75, 3.05) is 0 Å². The summed E-state index contributed by atoms with van der Waals surface area (Å²) in [5.41, 5.74) is 1.39. The monoisotopic (exact) mass is 166 g/mol. The van der Waals surface area contributed by atoms with Crippen LogP contribution in [0.2, 0.25) is 0 Å². The van der Waals surface area contributed by atoms with E-state index in [1.807, 2.05) is 6.08 Å². The molecule has 0 spiro atoms. The van der Waals surface area contributed by atoms with Gasteiger partial charge in [-0.3, -0.25) is 4.79 Å². The highest BCUT2D eigenvalue weighted by Crippen LogP contribution is 2.45. The normalized spacial score (nSPS) is 28.8. The fraction of sp³-hybridized carbons (Fsp3) is 0.727. The lowest BCUT2D eigenvalue weighted by molar-refractivity contribution is -0.112. The standard InChI is InChI=1S/C11H18O/c1-4-5-10(7-9(3)12)11-6-8(11)2/h7-8,11H,4-6H2,1-3H3/b10-7+. The van der Waals surface area contributed by atoms with Gasteiger partial charge in [-0.1, -0.05) is 25.8 Å². The Balaban J connectivity index is 2.55. The smallest absolute Gasteiger partial charge is 0.152 e. The van der Waals surface area contributed by atoms with Crippen molar-refractivity contribution in [3.05, 3.63) is 11.6 Å². The van der Waals surface area contributed by atoms with Gasteiger partial charge in [0.05, 0.1) is 0 Å². The first kappa shape index (κ1) is 9.50. The van der Waals surface area contributed by atoms with E-state index < -0.39 is 0 Å². The van der Waals surface area contributed by atoms with E-state index >= 15 is 0 Å². The molecular formula is C11H18O. The number of ketones is 1. The number of rotatable bonds is 4. The largest absolute Gasteiger partial charge is 0.295 e. The second-order valence-corrected chi connectivity index (χ2v) is 3.90. The number of hydrogen-bond acceptors (Lipinski definition) is 1. The molecule has 1 nitrogen and oxygen atoms in total. The lowest BCUT2D eigenvalue weighted by Gasteiger charge is -2.02. The maximum Gasteiger partial charge on any atom is 0.152 e. The molecule has 0 heterocycles. The average Bonchev–Trinajstić information content (AvgIpc) is 2.65. The van der Waals surface area contributed by atoms with Crippen LogP contribution in [-0.4, -0.2) is 5.78 Å². The molecule has 0 aromatic rings. The maximum absolute atomic E-state index is 10.9. The molecule has 1 aliphatic carbocycles. The van der Waals surface area contributed by atoms with Crippen LogP contribution in [0.5, 0.6) is 0 Å². The van der Waals surface area contributed by atoms with Gasteiger partial charge in [-0.05, 0) is 37.7 Å². The Hall–Kier alpha value is -0.590. The van der Waals surface area contributed by atoms with E-state index in [0.29, 0.717) is 0 Å². The molecule has 1 aliphatic rings. The van der Waals surface area contributed by atoms with Gasteiger partial charge in [-0.25, -0.2) is 0 Å². The second-order valence-electron chi connectivity index (χ2n) is 3.90. The lowest BCUT2D eigenvalue weighted by Crippen LogP contribution is -1.92. The molecule has 1 fully saturated rings. The first-order chi connectivity index (χ1) is 5.65. The molecule has 1 heteroatoms. The Morgan fingerprint density at radius 2 is 2.17 bits per heavy atom. The fourth-order valence-electron chi connectivity index (χ4n) is 1.75. The highest BCUT2D eigenvalue weighted by Gasteiger charge is 2.35. The van der Waals surface area contributed by atoms with Crippen LogP contribution in [0.15, 0.2) is 11.6 Å². The van der Waals surface area contributed by atoms with E-state index in [-0.39, 0.29) is 5.78 Å². The Kier molecular flexibility index (Phi) is 3.07. The third-order valence-corrected chi connectivity index (χ3v) is 2.51. The molecule has 2 unspecified atom stereocenters. The van der Waals surface area contributed by atoms with Crippen molar-refractivity contribution in [1.29, 1.82) is 0 Å². The van der Waals surface area contributed by atoms with Crippen LogP contribution in [-0.2, 0) is 4.79 Å². The van der Waals surface area contributed by atoms with Crippen LogP contribution in [0, 0.1) is 11.8 Å². The van der Waals surface area contributed by atoms with Gasteiger partial charge in [0.1, 0.15) is 0 Å². The molecular weight excluding hydrogens is 148 g/mol. The number of carbonyl (C=O) groups excluding carboxylic acids is 1. The summed E-state index contributed by atoms with van der Waals surface area (Å²) in [5, 5.41) is 0. The molecule has 1 saturated carbocycles. The van der Waals surface area contributed by atoms with Crippen LogP contribution >= 0.6 is 0 Å². The first-order valence-electron chi connectivity index (χ1n) is 4.86. The Labute approximate surface area is 74.9 Å². The van der Waals surface area contributed by atoms with Crippen LogP contribution in [0.25, 0.3) is 0 Å². The predicted octanol–water partition coefficient (Wildman–Crippen LogP) is 2.96. The molecule has 0 radical (unpaired) electrons. The van der Waals surface area contributed by atoms with E-state index in [4.69, 9.17) is 0 Å². The van der Waals surface area contributed by atoms with Crippen molar-refractivity contribution in [2.24, 2.45) is 11.8 Å². The summed E-state index contributed by atoms with van der Waals surface area (Å²) in [5.74, 6) is 1.76. The summed E-state index contributed by atoms with van der Waals surface area (Å²) in [6.45, 7) is 6.07. The minimum Gasteiger partial charge on any atom is -0.295 e. The van der Waals surface area contributed by atoms with Crippen LogP contribution < -0.4 is 0 Å². The van der Waals surface area contributed by atoms with Crippen LogP contribution in [0.1, 0.15) is 40.0 Å². The van der Waals surface area contributed by atoms with E-state index in [1.54, 1.807) is 6.92 Å².